The van der Waals surface area contributed by atoms with Crippen molar-refractivity contribution >= 4 is 33.1 Å². The molecule has 0 amide bonds. The Hall–Kier alpha value is -2.72. The number of aryl methyl sites for hydroxylation is 4. The van der Waals surface area contributed by atoms with Crippen molar-refractivity contribution in [2.45, 2.75) is 34.1 Å². The SMILES string of the molecule is Cc1ccc(Nc2nc(Cc3ccccc3)nc3sc(C)c(C)c23)cc1C. The highest BCUT2D eigenvalue weighted by molar-refractivity contribution is 7.18. The van der Waals surface area contributed by atoms with Gasteiger partial charge in [-0.1, -0.05) is 36.4 Å². The van der Waals surface area contributed by atoms with Crippen molar-refractivity contribution in [3.8, 4) is 0 Å². The molecule has 0 aliphatic rings. The van der Waals surface area contributed by atoms with E-state index in [1.807, 2.05) is 6.07 Å². The summed E-state index contributed by atoms with van der Waals surface area (Å²) < 4.78 is 0. The molecule has 4 heteroatoms. The molecule has 0 unspecified atom stereocenters. The van der Waals surface area contributed by atoms with Crippen molar-refractivity contribution in [1.29, 1.82) is 0 Å². The van der Waals surface area contributed by atoms with Gasteiger partial charge < -0.3 is 5.32 Å². The van der Waals surface area contributed by atoms with Crippen molar-refractivity contribution in [3.63, 3.8) is 0 Å². The number of hydrogen-bond donors (Lipinski definition) is 1. The lowest BCUT2D eigenvalue weighted by Gasteiger charge is -2.11. The number of fused-ring (bicyclic) bond motifs is 1. The molecule has 0 atom stereocenters. The second kappa shape index (κ2) is 7.12. The molecule has 136 valence electrons. The first-order chi connectivity index (χ1) is 13.0. The molecule has 1 N–H and O–H groups in total. The molecule has 2 aromatic carbocycles. The molecule has 3 nitrogen and oxygen atoms in total. The third kappa shape index (κ3) is 3.58. The normalized spacial score (nSPS) is 11.1. The largest absolute Gasteiger partial charge is 0.340 e. The maximum atomic E-state index is 4.90. The van der Waals surface area contributed by atoms with Gasteiger partial charge in [0.05, 0.1) is 5.39 Å². The highest BCUT2D eigenvalue weighted by Gasteiger charge is 2.15. The summed E-state index contributed by atoms with van der Waals surface area (Å²) in [5, 5.41) is 4.68. The van der Waals surface area contributed by atoms with E-state index in [1.54, 1.807) is 11.3 Å². The zero-order valence-electron chi connectivity index (χ0n) is 16.1. The first-order valence-electron chi connectivity index (χ1n) is 9.16. The van der Waals surface area contributed by atoms with Crippen LogP contribution in [0.3, 0.4) is 0 Å². The molecule has 0 bridgehead atoms. The van der Waals surface area contributed by atoms with Gasteiger partial charge in [-0.15, -0.1) is 11.3 Å². The van der Waals surface area contributed by atoms with E-state index < -0.39 is 0 Å². The van der Waals surface area contributed by atoms with E-state index in [2.05, 4.69) is 75.5 Å². The molecule has 4 aromatic rings. The summed E-state index contributed by atoms with van der Waals surface area (Å²) in [7, 11) is 0. The Morgan fingerprint density at radius 1 is 0.889 bits per heavy atom. The summed E-state index contributed by atoms with van der Waals surface area (Å²) in [4.78, 5) is 12.1. The van der Waals surface area contributed by atoms with E-state index in [1.165, 1.54) is 27.1 Å². The van der Waals surface area contributed by atoms with Crippen LogP contribution in [0.4, 0.5) is 11.5 Å². The molecule has 0 saturated heterocycles. The Morgan fingerprint density at radius 2 is 1.67 bits per heavy atom. The van der Waals surface area contributed by atoms with Gasteiger partial charge in [-0.2, -0.15) is 0 Å². The van der Waals surface area contributed by atoms with Crippen molar-refractivity contribution in [2.75, 3.05) is 5.32 Å². The summed E-state index contributed by atoms with van der Waals surface area (Å²) >= 11 is 1.74. The van der Waals surface area contributed by atoms with Crippen molar-refractivity contribution < 1.29 is 0 Å². The van der Waals surface area contributed by atoms with Crippen LogP contribution in [0.15, 0.2) is 48.5 Å². The monoisotopic (exact) mass is 373 g/mol. The minimum absolute atomic E-state index is 0.731. The van der Waals surface area contributed by atoms with Gasteiger partial charge in [0.2, 0.25) is 0 Å². The number of hydrogen-bond acceptors (Lipinski definition) is 4. The standard InChI is InChI=1S/C23H23N3S/c1-14-10-11-19(12-15(14)2)24-22-21-16(3)17(4)27-23(21)26-20(25-22)13-18-8-6-5-7-9-18/h5-12H,13H2,1-4H3,(H,24,25,26). The third-order valence-electron chi connectivity index (χ3n) is 5.05. The van der Waals surface area contributed by atoms with Gasteiger partial charge in [-0.25, -0.2) is 9.97 Å². The van der Waals surface area contributed by atoms with Crippen LogP contribution in [-0.4, -0.2) is 9.97 Å². The van der Waals surface area contributed by atoms with E-state index in [-0.39, 0.29) is 0 Å². The maximum Gasteiger partial charge on any atom is 0.143 e. The number of aromatic nitrogens is 2. The fraction of sp³-hybridized carbons (Fsp3) is 0.217. The van der Waals surface area contributed by atoms with Crippen LogP contribution >= 0.6 is 11.3 Å². The smallest absolute Gasteiger partial charge is 0.143 e. The number of benzene rings is 2. The zero-order chi connectivity index (χ0) is 19.0. The molecule has 0 spiro atoms. The predicted molar refractivity (Wildman–Crippen MR) is 115 cm³/mol. The molecule has 0 saturated carbocycles. The molecular formula is C23H23N3S. The highest BCUT2D eigenvalue weighted by atomic mass is 32.1. The molecule has 0 radical (unpaired) electrons. The average Bonchev–Trinajstić information content (AvgIpc) is 2.93. The molecule has 0 fully saturated rings. The van der Waals surface area contributed by atoms with Gasteiger partial charge in [0.1, 0.15) is 16.5 Å². The van der Waals surface area contributed by atoms with Crippen molar-refractivity contribution in [1.82, 2.24) is 9.97 Å². The van der Waals surface area contributed by atoms with Crippen molar-refractivity contribution in [2.24, 2.45) is 0 Å². The van der Waals surface area contributed by atoms with Crippen LogP contribution in [0.2, 0.25) is 0 Å². The number of nitrogens with zero attached hydrogens (tertiary/aromatic N) is 2. The average molecular weight is 374 g/mol. The number of anilines is 2. The maximum absolute atomic E-state index is 4.90. The van der Waals surface area contributed by atoms with Crippen LogP contribution in [0.5, 0.6) is 0 Å². The first kappa shape index (κ1) is 17.7. The second-order valence-corrected chi connectivity index (χ2v) is 8.24. The summed E-state index contributed by atoms with van der Waals surface area (Å²) in [6.45, 7) is 8.57. The minimum atomic E-state index is 0.731. The van der Waals surface area contributed by atoms with Gasteiger partial charge in [0.25, 0.3) is 0 Å². The van der Waals surface area contributed by atoms with E-state index in [9.17, 15) is 0 Å². The zero-order valence-corrected chi connectivity index (χ0v) is 16.9. The number of thiophene rings is 1. The lowest BCUT2D eigenvalue weighted by Crippen LogP contribution is -2.02. The van der Waals surface area contributed by atoms with E-state index in [4.69, 9.17) is 9.97 Å². The van der Waals surface area contributed by atoms with Crippen LogP contribution in [0.25, 0.3) is 10.2 Å². The molecule has 2 aromatic heterocycles. The Bertz CT molecular complexity index is 1110. The Kier molecular flexibility index (Phi) is 4.66. The Morgan fingerprint density at radius 3 is 2.41 bits per heavy atom. The van der Waals surface area contributed by atoms with E-state index in [0.29, 0.717) is 0 Å². The van der Waals surface area contributed by atoms with Crippen LogP contribution in [-0.2, 0) is 6.42 Å². The Balaban J connectivity index is 1.79. The molecule has 27 heavy (non-hydrogen) atoms. The lowest BCUT2D eigenvalue weighted by atomic mass is 10.1. The molecule has 4 rings (SSSR count). The predicted octanol–water partition coefficient (Wildman–Crippen LogP) is 6.26. The van der Waals surface area contributed by atoms with Gasteiger partial charge in [-0.05, 0) is 62.1 Å². The molecule has 0 aliphatic carbocycles. The van der Waals surface area contributed by atoms with E-state index in [0.717, 1.165) is 34.0 Å². The quantitative estimate of drug-likeness (QED) is 0.459. The minimum Gasteiger partial charge on any atom is -0.340 e. The first-order valence-corrected chi connectivity index (χ1v) is 9.97. The summed E-state index contributed by atoms with van der Waals surface area (Å²) in [6, 6.07) is 16.8. The third-order valence-corrected chi connectivity index (χ3v) is 6.15. The summed E-state index contributed by atoms with van der Waals surface area (Å²) in [6.07, 6.45) is 0.731. The van der Waals surface area contributed by atoms with Gasteiger partial charge >= 0.3 is 0 Å². The van der Waals surface area contributed by atoms with Gasteiger partial charge in [0.15, 0.2) is 0 Å². The number of rotatable bonds is 4. The van der Waals surface area contributed by atoms with E-state index >= 15 is 0 Å². The number of nitrogens with one attached hydrogen (secondary N) is 1. The van der Waals surface area contributed by atoms with Gasteiger partial charge in [0, 0.05) is 17.0 Å². The summed E-state index contributed by atoms with van der Waals surface area (Å²) in [5.41, 5.74) is 6.10. The fourth-order valence-corrected chi connectivity index (χ4v) is 4.25. The molecule has 0 aliphatic heterocycles. The fourth-order valence-electron chi connectivity index (χ4n) is 3.20. The summed E-state index contributed by atoms with van der Waals surface area (Å²) in [5.74, 6) is 1.75. The second-order valence-electron chi connectivity index (χ2n) is 7.04. The highest BCUT2D eigenvalue weighted by Crippen LogP contribution is 2.35. The van der Waals surface area contributed by atoms with Crippen LogP contribution in [0.1, 0.15) is 33.0 Å². The molecule has 2 heterocycles. The van der Waals surface area contributed by atoms with Crippen LogP contribution in [0, 0.1) is 27.7 Å². The topological polar surface area (TPSA) is 37.8 Å². The lowest BCUT2D eigenvalue weighted by molar-refractivity contribution is 0.999. The Labute approximate surface area is 164 Å². The van der Waals surface area contributed by atoms with Crippen LogP contribution < -0.4 is 5.32 Å². The van der Waals surface area contributed by atoms with Gasteiger partial charge in [-0.3, -0.25) is 0 Å². The van der Waals surface area contributed by atoms with Crippen molar-refractivity contribution in [3.05, 3.63) is 81.5 Å². The molecular weight excluding hydrogens is 350 g/mol.